The molecule has 0 spiro atoms. The number of aromatic nitrogens is 4. The van der Waals surface area contributed by atoms with Gasteiger partial charge in [-0.2, -0.15) is 0 Å². The second-order valence-electron chi connectivity index (χ2n) is 14.9. The summed E-state index contributed by atoms with van der Waals surface area (Å²) in [6.45, 7) is 26.6. The molecule has 0 saturated carbocycles. The summed E-state index contributed by atoms with van der Waals surface area (Å²) in [7, 11) is 0. The Morgan fingerprint density at radius 2 is 0.532 bits per heavy atom. The summed E-state index contributed by atoms with van der Waals surface area (Å²) in [6, 6.07) is 16.9. The predicted molar refractivity (Wildman–Crippen MR) is 190 cm³/mol. The fourth-order valence-corrected chi connectivity index (χ4v) is 4.15. The third kappa shape index (κ3) is 14.4. The molecule has 1 radical (unpaired) electrons. The van der Waals surface area contributed by atoms with Gasteiger partial charge >= 0.3 is 17.1 Å². The smallest absolute Gasteiger partial charge is 0.373 e. The van der Waals surface area contributed by atoms with E-state index in [9.17, 15) is 0 Å². The first-order chi connectivity index (χ1) is 21.2. The molecule has 0 N–H and O–H groups in total. The Kier molecular flexibility index (Phi) is 16.5. The molecule has 4 aromatic rings. The zero-order valence-corrected chi connectivity index (χ0v) is 31.0. The topological polar surface area (TPSA) is 169 Å². The van der Waals surface area contributed by atoms with Crippen molar-refractivity contribution in [2.75, 3.05) is 0 Å². The van der Waals surface area contributed by atoms with Crippen LogP contribution in [-0.4, -0.2) is 19.9 Å². The van der Waals surface area contributed by atoms with Gasteiger partial charge in [0.05, 0.1) is 22.8 Å². The maximum Gasteiger partial charge on any atom is 2.00 e. The number of hydrogen-bond donors (Lipinski definition) is 0. The third-order valence-electron chi connectivity index (χ3n) is 7.03. The molecule has 11 heteroatoms. The van der Waals surface area contributed by atoms with E-state index in [0.29, 0.717) is 0 Å². The molecule has 0 bridgehead atoms. The van der Waals surface area contributed by atoms with Gasteiger partial charge in [-0.3, -0.25) is 29.8 Å². The molecule has 4 heterocycles. The van der Waals surface area contributed by atoms with Crippen LogP contribution in [0.3, 0.4) is 0 Å². The molecule has 0 fully saturated rings. The SMILES string of the molecule is CC(C)(C)c1ccnc(-c2cc(C(C)(C)C)ccn2)c1.CC(C)(C)c1ccnc(-c2cc(C(C)(C)C)ccn2)c1.[Mn+2].[N-]=[N+]=[N-].[N-]=[N+]=[N-]. The molecule has 0 aliphatic carbocycles. The van der Waals surface area contributed by atoms with Gasteiger partial charge in [0, 0.05) is 24.8 Å². The Labute approximate surface area is 291 Å². The molecule has 4 aromatic heterocycles. The molecule has 249 valence electrons. The van der Waals surface area contributed by atoms with Crippen LogP contribution in [0.25, 0.3) is 54.7 Å². The minimum absolute atomic E-state index is 0. The van der Waals surface area contributed by atoms with Crippen LogP contribution in [-0.2, 0) is 38.7 Å². The quantitative estimate of drug-likeness (QED) is 0.0891. The molecule has 4 rings (SSSR count). The van der Waals surface area contributed by atoms with Gasteiger partial charge in [-0.15, -0.1) is 0 Å². The Morgan fingerprint density at radius 1 is 0.383 bits per heavy atom. The molecule has 0 amide bonds. The Bertz CT molecular complexity index is 1390. The maximum absolute atomic E-state index is 6.75. The van der Waals surface area contributed by atoms with Gasteiger partial charge in [-0.05, 0) is 92.4 Å². The second kappa shape index (κ2) is 18.2. The van der Waals surface area contributed by atoms with E-state index in [2.05, 4.69) is 152 Å². The summed E-state index contributed by atoms with van der Waals surface area (Å²) < 4.78 is 0. The van der Waals surface area contributed by atoms with Crippen molar-refractivity contribution in [1.82, 2.24) is 19.9 Å². The van der Waals surface area contributed by atoms with Crippen LogP contribution in [0, 0.1) is 0 Å². The molecular weight excluding hydrogens is 627 g/mol. The van der Waals surface area contributed by atoms with Gasteiger partial charge in [-0.25, -0.2) is 0 Å². The Morgan fingerprint density at radius 3 is 0.660 bits per heavy atom. The summed E-state index contributed by atoms with van der Waals surface area (Å²) in [4.78, 5) is 20.9. The summed E-state index contributed by atoms with van der Waals surface area (Å²) in [6.07, 6.45) is 7.51. The molecule has 0 saturated heterocycles. The summed E-state index contributed by atoms with van der Waals surface area (Å²) >= 11 is 0. The molecule has 0 aliphatic rings. The van der Waals surface area contributed by atoms with Gasteiger partial charge in [0.15, 0.2) is 0 Å². The van der Waals surface area contributed by atoms with E-state index >= 15 is 0 Å². The van der Waals surface area contributed by atoms with Gasteiger partial charge < -0.3 is 22.1 Å². The molecule has 10 nitrogen and oxygen atoms in total. The molecular formula is C36H48MnN10. The maximum atomic E-state index is 6.75. The van der Waals surface area contributed by atoms with Gasteiger partial charge in [0.2, 0.25) is 0 Å². The fraction of sp³-hybridized carbons (Fsp3) is 0.444. The first kappa shape index (κ1) is 42.7. The summed E-state index contributed by atoms with van der Waals surface area (Å²) in [5.74, 6) is 0. The van der Waals surface area contributed by atoms with Crippen LogP contribution < -0.4 is 0 Å². The Balaban J connectivity index is 0.000000757. The van der Waals surface area contributed by atoms with Crippen molar-refractivity contribution in [3.05, 3.63) is 128 Å². The van der Waals surface area contributed by atoms with Crippen LogP contribution in [0.4, 0.5) is 0 Å². The van der Waals surface area contributed by atoms with Crippen LogP contribution in [0.1, 0.15) is 105 Å². The van der Waals surface area contributed by atoms with Crippen LogP contribution in [0.15, 0.2) is 73.3 Å². The first-order valence-corrected chi connectivity index (χ1v) is 15.0. The van der Waals surface area contributed by atoms with E-state index in [1.807, 2.05) is 24.8 Å². The second-order valence-corrected chi connectivity index (χ2v) is 14.9. The summed E-state index contributed by atoms with van der Waals surface area (Å²) in [5.41, 5.74) is 36.4. The van der Waals surface area contributed by atoms with Crippen molar-refractivity contribution in [3.8, 4) is 22.8 Å². The molecule has 47 heavy (non-hydrogen) atoms. The largest absolute Gasteiger partial charge is 2.00 e. The zero-order valence-electron chi connectivity index (χ0n) is 29.8. The normalized spacial score (nSPS) is 11.0. The van der Waals surface area contributed by atoms with Crippen molar-refractivity contribution >= 4 is 0 Å². The van der Waals surface area contributed by atoms with Crippen molar-refractivity contribution in [2.24, 2.45) is 0 Å². The first-order valence-electron chi connectivity index (χ1n) is 15.0. The molecule has 0 aromatic carbocycles. The van der Waals surface area contributed by atoms with E-state index < -0.39 is 0 Å². The average Bonchev–Trinajstić information content (AvgIpc) is 2.97. The zero-order chi connectivity index (χ0) is 35.3. The number of hydrogen-bond acceptors (Lipinski definition) is 4. The van der Waals surface area contributed by atoms with E-state index in [0.717, 1.165) is 22.8 Å². The van der Waals surface area contributed by atoms with E-state index in [4.69, 9.17) is 22.1 Å². The van der Waals surface area contributed by atoms with Gasteiger partial charge in [0.25, 0.3) is 0 Å². The molecule has 0 aliphatic heterocycles. The predicted octanol–water partition coefficient (Wildman–Crippen LogP) is 11.2. The standard InChI is InChI=1S/2C18H24N2.Mn.2N3/c2*1-17(2,3)13-7-9-19-15(11-13)16-12-14(8-10-20-16)18(4,5)6;;2*1-3-2/h2*7-12H,1-6H3;;;/q;;+2;2*-1. The number of nitrogens with zero attached hydrogens (tertiary/aromatic N) is 10. The van der Waals surface area contributed by atoms with Crippen molar-refractivity contribution in [1.29, 1.82) is 0 Å². The van der Waals surface area contributed by atoms with E-state index in [-0.39, 0.29) is 38.7 Å². The third-order valence-corrected chi connectivity index (χ3v) is 7.03. The fourth-order valence-electron chi connectivity index (χ4n) is 4.15. The number of rotatable bonds is 2. The number of pyridine rings is 4. The van der Waals surface area contributed by atoms with Gasteiger partial charge in [0.1, 0.15) is 0 Å². The molecule has 0 atom stereocenters. The van der Waals surface area contributed by atoms with Crippen LogP contribution in [0.5, 0.6) is 0 Å². The van der Waals surface area contributed by atoms with E-state index in [1.165, 1.54) is 32.1 Å². The van der Waals surface area contributed by atoms with Crippen LogP contribution >= 0.6 is 0 Å². The van der Waals surface area contributed by atoms with Crippen molar-refractivity contribution < 1.29 is 17.1 Å². The minimum Gasteiger partial charge on any atom is -0.373 e. The van der Waals surface area contributed by atoms with Crippen molar-refractivity contribution in [3.63, 3.8) is 0 Å². The molecule has 0 unspecified atom stereocenters. The monoisotopic (exact) mass is 675 g/mol. The van der Waals surface area contributed by atoms with Crippen LogP contribution in [0.2, 0.25) is 0 Å². The summed E-state index contributed by atoms with van der Waals surface area (Å²) in [5, 5.41) is 0. The minimum atomic E-state index is 0. The van der Waals surface area contributed by atoms with Gasteiger partial charge in [-0.1, -0.05) is 83.1 Å². The van der Waals surface area contributed by atoms with E-state index in [1.54, 1.807) is 0 Å². The van der Waals surface area contributed by atoms with Crippen molar-refractivity contribution in [2.45, 2.75) is 105 Å². The Hall–Kier alpha value is -4.26. The average molecular weight is 676 g/mol.